The van der Waals surface area contributed by atoms with Crippen LogP contribution in [0.5, 0.6) is 0 Å². The molecule has 0 atom stereocenters. The summed E-state index contributed by atoms with van der Waals surface area (Å²) in [5.74, 6) is 0. The van der Waals surface area contributed by atoms with Crippen molar-refractivity contribution in [2.24, 2.45) is 11.1 Å². The summed E-state index contributed by atoms with van der Waals surface area (Å²) in [6, 6.07) is -0.252. The van der Waals surface area contributed by atoms with Gasteiger partial charge < -0.3 is 10.6 Å². The lowest BCUT2D eigenvalue weighted by Gasteiger charge is -2.55. The van der Waals surface area contributed by atoms with Crippen molar-refractivity contribution < 1.29 is 4.79 Å². The van der Waals surface area contributed by atoms with Crippen molar-refractivity contribution in [3.8, 4) is 0 Å². The Kier molecular flexibility index (Phi) is 0.993. The van der Waals surface area contributed by atoms with E-state index >= 15 is 0 Å². The Bertz CT molecular complexity index is 166. The second-order valence-corrected chi connectivity index (χ2v) is 3.55. The number of primary amides is 1. The van der Waals surface area contributed by atoms with E-state index in [-0.39, 0.29) is 6.03 Å². The molecular formula is C7H12N2O. The predicted octanol–water partition coefficient (Wildman–Crippen LogP) is 0.551. The maximum Gasteiger partial charge on any atom is 0.314 e. The Morgan fingerprint density at radius 2 is 2.00 bits per heavy atom. The molecule has 0 aromatic carbocycles. The van der Waals surface area contributed by atoms with Crippen LogP contribution in [0.3, 0.4) is 0 Å². The predicted molar refractivity (Wildman–Crippen MR) is 37.4 cm³/mol. The Hall–Kier alpha value is -0.730. The lowest BCUT2D eigenvalue weighted by atomic mass is 9.64. The third-order valence-corrected chi connectivity index (χ3v) is 2.78. The normalized spacial score (nSPS) is 27.4. The van der Waals surface area contributed by atoms with E-state index in [1.54, 1.807) is 4.90 Å². The first-order valence-corrected chi connectivity index (χ1v) is 3.76. The first kappa shape index (κ1) is 6.01. The van der Waals surface area contributed by atoms with E-state index in [1.165, 1.54) is 19.3 Å². The molecule has 10 heavy (non-hydrogen) atoms. The molecule has 1 saturated heterocycles. The third kappa shape index (κ3) is 0.632. The standard InChI is InChI=1S/C7H12N2O/c8-6(10)9-4-7(5-9)2-1-3-7/h1-5H2,(H2,8,10). The molecule has 56 valence electrons. The molecule has 1 aliphatic heterocycles. The number of nitrogens with zero attached hydrogens (tertiary/aromatic N) is 1. The first-order valence-electron chi connectivity index (χ1n) is 3.76. The van der Waals surface area contributed by atoms with Gasteiger partial charge in [-0.3, -0.25) is 0 Å². The van der Waals surface area contributed by atoms with E-state index in [1.807, 2.05) is 0 Å². The summed E-state index contributed by atoms with van der Waals surface area (Å²) in [4.78, 5) is 12.3. The van der Waals surface area contributed by atoms with Crippen LogP contribution in [0.25, 0.3) is 0 Å². The van der Waals surface area contributed by atoms with Crippen LogP contribution in [0.1, 0.15) is 19.3 Å². The minimum absolute atomic E-state index is 0.252. The van der Waals surface area contributed by atoms with Gasteiger partial charge in [-0.1, -0.05) is 6.42 Å². The van der Waals surface area contributed by atoms with Crippen molar-refractivity contribution in [2.75, 3.05) is 13.1 Å². The molecule has 3 nitrogen and oxygen atoms in total. The average molecular weight is 140 g/mol. The minimum Gasteiger partial charge on any atom is -0.351 e. The van der Waals surface area contributed by atoms with Gasteiger partial charge in [0.25, 0.3) is 0 Å². The number of nitrogens with two attached hydrogens (primary N) is 1. The highest BCUT2D eigenvalue weighted by atomic mass is 16.2. The Labute approximate surface area is 60.2 Å². The number of carbonyl (C=O) groups excluding carboxylic acids is 1. The van der Waals surface area contributed by atoms with Crippen LogP contribution in [-0.4, -0.2) is 24.0 Å². The molecule has 0 unspecified atom stereocenters. The van der Waals surface area contributed by atoms with Crippen molar-refractivity contribution in [2.45, 2.75) is 19.3 Å². The van der Waals surface area contributed by atoms with Crippen molar-refractivity contribution in [1.29, 1.82) is 0 Å². The van der Waals surface area contributed by atoms with Gasteiger partial charge in [0.2, 0.25) is 0 Å². The smallest absolute Gasteiger partial charge is 0.314 e. The summed E-state index contributed by atoms with van der Waals surface area (Å²) in [6.45, 7) is 1.84. The van der Waals surface area contributed by atoms with E-state index in [0.717, 1.165) is 13.1 Å². The molecule has 1 saturated carbocycles. The number of rotatable bonds is 0. The van der Waals surface area contributed by atoms with Gasteiger partial charge in [-0.15, -0.1) is 0 Å². The molecule has 2 fully saturated rings. The van der Waals surface area contributed by atoms with Gasteiger partial charge in [-0.2, -0.15) is 0 Å². The number of hydrogen-bond donors (Lipinski definition) is 1. The Morgan fingerprint density at radius 1 is 1.40 bits per heavy atom. The number of carbonyl (C=O) groups is 1. The van der Waals surface area contributed by atoms with E-state index in [4.69, 9.17) is 5.73 Å². The fourth-order valence-corrected chi connectivity index (χ4v) is 1.91. The lowest BCUT2D eigenvalue weighted by Crippen LogP contribution is -2.62. The molecular weight excluding hydrogens is 128 g/mol. The topological polar surface area (TPSA) is 46.3 Å². The number of likely N-dealkylation sites (tertiary alicyclic amines) is 1. The molecule has 1 heterocycles. The molecule has 3 heteroatoms. The molecule has 0 aromatic heterocycles. The molecule has 1 spiro atoms. The largest absolute Gasteiger partial charge is 0.351 e. The highest BCUT2D eigenvalue weighted by Crippen LogP contribution is 2.47. The van der Waals surface area contributed by atoms with Crippen LogP contribution in [0.2, 0.25) is 0 Å². The van der Waals surface area contributed by atoms with E-state index in [2.05, 4.69) is 0 Å². The van der Waals surface area contributed by atoms with Gasteiger partial charge in [-0.05, 0) is 12.8 Å². The van der Waals surface area contributed by atoms with Gasteiger partial charge >= 0.3 is 6.03 Å². The second-order valence-electron chi connectivity index (χ2n) is 3.55. The van der Waals surface area contributed by atoms with Crippen LogP contribution in [0, 0.1) is 5.41 Å². The molecule has 0 radical (unpaired) electrons. The lowest BCUT2D eigenvalue weighted by molar-refractivity contribution is -0.0301. The average Bonchev–Trinajstić information content (AvgIpc) is 1.54. The Balaban J connectivity index is 1.88. The zero-order chi connectivity index (χ0) is 7.19. The maximum absolute atomic E-state index is 10.6. The molecule has 2 N–H and O–H groups in total. The summed E-state index contributed by atoms with van der Waals surface area (Å²) in [7, 11) is 0. The first-order chi connectivity index (χ1) is 4.72. The van der Waals surface area contributed by atoms with Crippen LogP contribution in [-0.2, 0) is 0 Å². The summed E-state index contributed by atoms with van der Waals surface area (Å²) in [5, 5.41) is 0. The number of urea groups is 1. The van der Waals surface area contributed by atoms with Gasteiger partial charge in [0, 0.05) is 18.5 Å². The summed E-state index contributed by atoms with van der Waals surface area (Å²) >= 11 is 0. The fraction of sp³-hybridized carbons (Fsp3) is 0.857. The van der Waals surface area contributed by atoms with Gasteiger partial charge in [0.1, 0.15) is 0 Å². The molecule has 2 rings (SSSR count). The van der Waals surface area contributed by atoms with Crippen LogP contribution in [0.15, 0.2) is 0 Å². The molecule has 0 aromatic rings. The van der Waals surface area contributed by atoms with E-state index in [9.17, 15) is 4.79 Å². The van der Waals surface area contributed by atoms with Crippen LogP contribution in [0.4, 0.5) is 4.79 Å². The molecule has 2 amide bonds. The molecule has 1 aliphatic carbocycles. The SMILES string of the molecule is NC(=O)N1CC2(CCC2)C1. The maximum atomic E-state index is 10.6. The van der Waals surface area contributed by atoms with Gasteiger partial charge in [0.05, 0.1) is 0 Å². The van der Waals surface area contributed by atoms with E-state index in [0.29, 0.717) is 5.41 Å². The van der Waals surface area contributed by atoms with Gasteiger partial charge in [-0.25, -0.2) is 4.79 Å². The third-order valence-electron chi connectivity index (χ3n) is 2.78. The highest BCUT2D eigenvalue weighted by Gasteiger charge is 2.48. The fourth-order valence-electron chi connectivity index (χ4n) is 1.91. The van der Waals surface area contributed by atoms with E-state index < -0.39 is 0 Å². The number of hydrogen-bond acceptors (Lipinski definition) is 1. The zero-order valence-electron chi connectivity index (χ0n) is 5.97. The van der Waals surface area contributed by atoms with Crippen molar-refractivity contribution in [3.05, 3.63) is 0 Å². The highest BCUT2D eigenvalue weighted by molar-refractivity contribution is 5.73. The monoisotopic (exact) mass is 140 g/mol. The zero-order valence-corrected chi connectivity index (χ0v) is 5.97. The number of amides is 2. The Morgan fingerprint density at radius 3 is 2.30 bits per heavy atom. The van der Waals surface area contributed by atoms with Gasteiger partial charge in [0.15, 0.2) is 0 Å². The van der Waals surface area contributed by atoms with Crippen LogP contribution >= 0.6 is 0 Å². The molecule has 2 aliphatic rings. The minimum atomic E-state index is -0.252. The second kappa shape index (κ2) is 1.65. The van der Waals surface area contributed by atoms with Crippen molar-refractivity contribution in [3.63, 3.8) is 0 Å². The molecule has 0 bridgehead atoms. The quantitative estimate of drug-likeness (QED) is 0.524. The van der Waals surface area contributed by atoms with Crippen LogP contribution < -0.4 is 5.73 Å². The summed E-state index contributed by atoms with van der Waals surface area (Å²) in [5.41, 5.74) is 5.61. The summed E-state index contributed by atoms with van der Waals surface area (Å²) < 4.78 is 0. The summed E-state index contributed by atoms with van der Waals surface area (Å²) in [6.07, 6.45) is 3.94. The van der Waals surface area contributed by atoms with Crippen molar-refractivity contribution >= 4 is 6.03 Å². The van der Waals surface area contributed by atoms with Crippen molar-refractivity contribution in [1.82, 2.24) is 4.90 Å².